The van der Waals surface area contributed by atoms with Crippen LogP contribution in [-0.2, 0) is 39.7 Å². The molecular weight excluding hydrogens is 805 g/mol. The zero-order chi connectivity index (χ0) is 38.2. The van der Waals surface area contributed by atoms with E-state index < -0.39 is 10.1 Å². The molecule has 2 aliphatic heterocycles. The predicted molar refractivity (Wildman–Crippen MR) is 215 cm³/mol. The molecule has 0 fully saturated rings. The summed E-state index contributed by atoms with van der Waals surface area (Å²) in [6, 6.07) is 16.4. The zero-order valence-electron chi connectivity index (χ0n) is 29.9. The number of halogens is 1. The van der Waals surface area contributed by atoms with Gasteiger partial charge in [0.2, 0.25) is 5.69 Å². The Morgan fingerprint density at radius 1 is 0.887 bits per heavy atom. The van der Waals surface area contributed by atoms with Gasteiger partial charge < -0.3 is 4.90 Å². The Balaban J connectivity index is 1.38. The summed E-state index contributed by atoms with van der Waals surface area (Å²) in [7, 11) is -4.05. The predicted octanol–water partition coefficient (Wildman–Crippen LogP) is 9.88. The molecule has 2 heterocycles. The van der Waals surface area contributed by atoms with Crippen LogP contribution in [0.5, 0.6) is 0 Å². The van der Waals surface area contributed by atoms with Crippen molar-refractivity contribution in [1.82, 2.24) is 0 Å². The molecule has 3 aromatic rings. The van der Waals surface area contributed by atoms with Crippen LogP contribution in [0.3, 0.4) is 0 Å². The molecule has 0 amide bonds. The Kier molecular flexibility index (Phi) is 14.2. The maximum Gasteiger partial charge on any atom is 0.264 e. The van der Waals surface area contributed by atoms with Crippen molar-refractivity contribution in [1.29, 1.82) is 0 Å². The van der Waals surface area contributed by atoms with Gasteiger partial charge >= 0.3 is 0 Å². The molecule has 0 aliphatic carbocycles. The molecule has 11 nitrogen and oxygen atoms in total. The van der Waals surface area contributed by atoms with Gasteiger partial charge in [-0.2, -0.15) is 13.0 Å². The lowest BCUT2D eigenvalue weighted by molar-refractivity contribution is -0.438. The summed E-state index contributed by atoms with van der Waals surface area (Å²) in [5.74, 6) is 0.370. The Hall–Kier alpha value is -2.80. The lowest BCUT2D eigenvalue weighted by Crippen LogP contribution is -2.28. The van der Waals surface area contributed by atoms with E-state index in [0.717, 1.165) is 92.0 Å². The van der Waals surface area contributed by atoms with Crippen LogP contribution in [-0.4, -0.2) is 58.4 Å². The van der Waals surface area contributed by atoms with E-state index in [1.54, 1.807) is 0 Å². The second-order valence-corrected chi connectivity index (χ2v) is 17.7. The van der Waals surface area contributed by atoms with E-state index in [-0.39, 0.29) is 16.6 Å². The molecule has 15 heteroatoms. The van der Waals surface area contributed by atoms with Gasteiger partial charge in [-0.05, 0) is 85.5 Å². The molecule has 53 heavy (non-hydrogen) atoms. The number of fused-ring (bicyclic) bond motifs is 4. The lowest BCUT2D eigenvalue weighted by Gasteiger charge is -2.27. The number of anilines is 1. The molecule has 3 aromatic carbocycles. The van der Waals surface area contributed by atoms with Gasteiger partial charge in [-0.3, -0.25) is 4.55 Å². The van der Waals surface area contributed by atoms with Crippen LogP contribution in [0.4, 0.5) is 11.4 Å². The Bertz CT molecular complexity index is 2060. The van der Waals surface area contributed by atoms with Gasteiger partial charge in [-0.15, -0.1) is 8.67 Å². The highest BCUT2D eigenvalue weighted by molar-refractivity contribution is 9.10. The standard InChI is InChI=1S/C38H43BrN2O9S3/c1-37(2)31-26-28(39)16-20-32(31)40(22-12-24-53(44,45)46)34(37)13-8-6-5-7-9-14-35-38(3,4)36-30-18-17-29(52-50-48-43)25-27(30)15-19-33(36)41(35)21-10-11-23-51-49-47-42/h5-9,13-20,25-26H,10-12,21-24H2,1-4H3,(H2-,42,43,44,45,46)/p+1. The number of benzene rings is 3. The molecule has 0 unspecified atom stereocenters. The highest BCUT2D eigenvalue weighted by Crippen LogP contribution is 2.49. The van der Waals surface area contributed by atoms with Gasteiger partial charge in [0.1, 0.15) is 6.54 Å². The van der Waals surface area contributed by atoms with Crippen LogP contribution >= 0.6 is 40.0 Å². The zero-order valence-corrected chi connectivity index (χ0v) is 33.9. The number of rotatable bonds is 18. The highest BCUT2D eigenvalue weighted by Gasteiger charge is 2.45. The molecule has 0 saturated carbocycles. The quantitative estimate of drug-likeness (QED) is 0.0214. The SMILES string of the molecule is CC1(C)C(/C=C/C=C/C=C/C=C2/N(CCCS(=O)(=O)O)c3ccc(Br)cc3C2(C)C)=[N+](CCCCSOOO)c2ccc3cc(SOOO)ccc3c21. The lowest BCUT2D eigenvalue weighted by atomic mass is 9.79. The van der Waals surface area contributed by atoms with Gasteiger partial charge in [-0.1, -0.05) is 76.3 Å². The molecule has 284 valence electrons. The minimum Gasteiger partial charge on any atom is -0.344 e. The maximum absolute atomic E-state index is 11.4. The monoisotopic (exact) mass is 847 g/mol. The molecule has 0 aromatic heterocycles. The van der Waals surface area contributed by atoms with Crippen LogP contribution in [0.25, 0.3) is 10.8 Å². The van der Waals surface area contributed by atoms with Crippen molar-refractivity contribution in [3.8, 4) is 0 Å². The summed E-state index contributed by atoms with van der Waals surface area (Å²) in [4.78, 5) is 2.93. The Morgan fingerprint density at radius 3 is 2.40 bits per heavy atom. The first-order valence-corrected chi connectivity index (χ1v) is 21.1. The Morgan fingerprint density at radius 2 is 1.64 bits per heavy atom. The fraction of sp³-hybridized carbons (Fsp3) is 0.342. The Labute approximate surface area is 327 Å². The molecule has 0 spiro atoms. The van der Waals surface area contributed by atoms with Crippen molar-refractivity contribution in [3.05, 3.63) is 112 Å². The fourth-order valence-electron chi connectivity index (χ4n) is 7.18. The summed E-state index contributed by atoms with van der Waals surface area (Å²) in [5, 5.41) is 26.7. The summed E-state index contributed by atoms with van der Waals surface area (Å²) >= 11 is 5.58. The minimum absolute atomic E-state index is 0.295. The van der Waals surface area contributed by atoms with Crippen LogP contribution in [0, 0.1) is 0 Å². The first kappa shape index (κ1) is 41.4. The van der Waals surface area contributed by atoms with E-state index in [0.29, 0.717) is 18.7 Å². The van der Waals surface area contributed by atoms with Crippen LogP contribution in [0.1, 0.15) is 58.1 Å². The van der Waals surface area contributed by atoms with Crippen LogP contribution in [0.15, 0.2) is 106 Å². The molecular formula is C38H44BrN2O9S3+. The molecule has 5 rings (SSSR count). The third-order valence-electron chi connectivity index (χ3n) is 9.51. The number of hydrogen-bond donors (Lipinski definition) is 3. The number of allylic oxidation sites excluding steroid dienone is 8. The van der Waals surface area contributed by atoms with E-state index in [1.807, 2.05) is 54.6 Å². The van der Waals surface area contributed by atoms with E-state index in [2.05, 4.69) is 108 Å². The van der Waals surface area contributed by atoms with Gasteiger partial charge in [0, 0.05) is 74.6 Å². The van der Waals surface area contributed by atoms with E-state index >= 15 is 0 Å². The molecule has 0 atom stereocenters. The van der Waals surface area contributed by atoms with E-state index in [1.165, 1.54) is 5.56 Å². The molecule has 2 aliphatic rings. The normalized spacial score (nSPS) is 17.4. The van der Waals surface area contributed by atoms with E-state index in [4.69, 9.17) is 10.5 Å². The molecule has 3 N–H and O–H groups in total. The molecule has 0 saturated heterocycles. The average molecular weight is 849 g/mol. The van der Waals surface area contributed by atoms with Crippen molar-refractivity contribution < 1.29 is 46.8 Å². The van der Waals surface area contributed by atoms with Gasteiger partial charge in [0.05, 0.1) is 23.2 Å². The minimum atomic E-state index is -4.05. The molecule has 0 radical (unpaired) electrons. The average Bonchev–Trinajstić information content (AvgIpc) is 3.45. The van der Waals surface area contributed by atoms with Gasteiger partial charge in [0.25, 0.3) is 10.1 Å². The van der Waals surface area contributed by atoms with Crippen molar-refractivity contribution >= 4 is 78.0 Å². The topological polar surface area (TPSA) is 138 Å². The van der Waals surface area contributed by atoms with Crippen molar-refractivity contribution in [2.75, 3.05) is 29.5 Å². The number of hydrogen-bond acceptors (Lipinski definition) is 11. The highest BCUT2D eigenvalue weighted by atomic mass is 79.9. The molecule has 0 bridgehead atoms. The second kappa shape index (κ2) is 18.2. The van der Waals surface area contributed by atoms with Gasteiger partial charge in [0.15, 0.2) is 5.71 Å². The van der Waals surface area contributed by atoms with Crippen LogP contribution < -0.4 is 4.90 Å². The smallest absolute Gasteiger partial charge is 0.264 e. The first-order valence-electron chi connectivity index (χ1n) is 17.0. The van der Waals surface area contributed by atoms with Gasteiger partial charge in [-0.25, -0.2) is 10.5 Å². The third-order valence-corrected chi connectivity index (χ3v) is 12.0. The number of unbranched alkanes of at least 4 members (excludes halogenated alkanes) is 1. The van der Waals surface area contributed by atoms with E-state index in [9.17, 15) is 13.0 Å². The number of nitrogens with zero attached hydrogens (tertiary/aromatic N) is 2. The fourth-order valence-corrected chi connectivity index (χ4v) is 8.88. The summed E-state index contributed by atoms with van der Waals surface area (Å²) in [6.45, 7) is 10.0. The van der Waals surface area contributed by atoms with Crippen molar-refractivity contribution in [3.63, 3.8) is 0 Å². The second-order valence-electron chi connectivity index (χ2n) is 13.7. The third kappa shape index (κ3) is 9.90. The van der Waals surface area contributed by atoms with Crippen LogP contribution in [0.2, 0.25) is 0 Å². The summed E-state index contributed by atoms with van der Waals surface area (Å²) in [6.07, 6.45) is 16.3. The maximum atomic E-state index is 11.4. The first-order chi connectivity index (χ1) is 25.3. The summed E-state index contributed by atoms with van der Waals surface area (Å²) in [5.41, 5.74) is 6.09. The summed E-state index contributed by atoms with van der Waals surface area (Å²) < 4.78 is 44.7. The largest absolute Gasteiger partial charge is 0.344 e. The van der Waals surface area contributed by atoms with Crippen molar-refractivity contribution in [2.45, 2.75) is 62.7 Å². The van der Waals surface area contributed by atoms with Crippen molar-refractivity contribution in [2.24, 2.45) is 0 Å².